The van der Waals surface area contributed by atoms with Crippen LogP contribution in [0, 0.1) is 5.41 Å². The molecule has 5 heterocycles. The molecule has 1 aromatic rings. The minimum Gasteiger partial charge on any atom is -0.460 e. The van der Waals surface area contributed by atoms with Gasteiger partial charge in [-0.15, -0.1) is 0 Å². The van der Waals surface area contributed by atoms with Gasteiger partial charge in [-0.3, -0.25) is 24.0 Å². The third-order valence-electron chi connectivity index (χ3n) is 14.3. The van der Waals surface area contributed by atoms with Gasteiger partial charge < -0.3 is 64.2 Å². The van der Waals surface area contributed by atoms with Crippen LogP contribution in [0.5, 0.6) is 0 Å². The molecule has 0 aromatic heterocycles. The number of fused-ring (bicyclic) bond motifs is 4. The van der Waals surface area contributed by atoms with E-state index in [2.05, 4.69) is 19.2 Å². The van der Waals surface area contributed by atoms with Crippen LogP contribution in [0.3, 0.4) is 0 Å². The maximum Gasteiger partial charge on any atom is 0.327 e. The van der Waals surface area contributed by atoms with E-state index in [0.29, 0.717) is 25.7 Å². The van der Waals surface area contributed by atoms with E-state index in [9.17, 15) is 39.9 Å². The maximum atomic E-state index is 15.7. The molecule has 19 heteroatoms. The highest BCUT2D eigenvalue weighted by Crippen LogP contribution is 2.59. The van der Waals surface area contributed by atoms with Crippen LogP contribution in [-0.2, 0) is 59.0 Å². The fraction of sp³-hybridized carbons (Fsp3) is 0.760. The van der Waals surface area contributed by atoms with E-state index in [0.717, 1.165) is 49.7 Å². The third kappa shape index (κ3) is 11.7. The molecular formula is C50H75N3O16. The van der Waals surface area contributed by atoms with E-state index in [-0.39, 0.29) is 39.0 Å². The smallest absolute Gasteiger partial charge is 0.327 e. The Labute approximate surface area is 404 Å². The van der Waals surface area contributed by atoms with Crippen molar-refractivity contribution in [2.24, 2.45) is 5.41 Å². The van der Waals surface area contributed by atoms with Gasteiger partial charge in [0.05, 0.1) is 32.4 Å². The summed E-state index contributed by atoms with van der Waals surface area (Å²) in [6, 6.07) is 4.54. The predicted octanol–water partition coefficient (Wildman–Crippen LogP) is 2.55. The molecule has 1 aromatic carbocycles. The lowest BCUT2D eigenvalue weighted by Gasteiger charge is -2.50. The number of rotatable bonds is 22. The van der Waals surface area contributed by atoms with Crippen LogP contribution < -0.4 is 5.32 Å². The Morgan fingerprint density at radius 2 is 1.71 bits per heavy atom. The van der Waals surface area contributed by atoms with Crippen LogP contribution in [0.25, 0.3) is 6.08 Å². The first-order valence-corrected chi connectivity index (χ1v) is 25.1. The van der Waals surface area contributed by atoms with Gasteiger partial charge in [0.25, 0.3) is 0 Å². The molecule has 1 saturated carbocycles. The van der Waals surface area contributed by atoms with Gasteiger partial charge in [0.1, 0.15) is 65.9 Å². The number of hydrogen-bond donors (Lipinski definition) is 6. The molecule has 386 valence electrons. The van der Waals surface area contributed by atoms with E-state index in [1.54, 1.807) is 37.8 Å². The summed E-state index contributed by atoms with van der Waals surface area (Å²) in [5, 5.41) is 54.8. The number of ether oxygens (including phenoxy) is 6. The zero-order valence-corrected chi connectivity index (χ0v) is 40.7. The second-order valence-electron chi connectivity index (χ2n) is 20.6. The summed E-state index contributed by atoms with van der Waals surface area (Å²) in [7, 11) is 0. The van der Waals surface area contributed by atoms with Gasteiger partial charge in [-0.25, -0.2) is 0 Å². The van der Waals surface area contributed by atoms with Crippen molar-refractivity contribution in [2.75, 3.05) is 26.4 Å². The van der Waals surface area contributed by atoms with Crippen LogP contribution in [0.4, 0.5) is 0 Å². The zero-order chi connectivity index (χ0) is 49.7. The second kappa shape index (κ2) is 22.9. The number of carbonyl (C=O) groups excluding carboxylic acids is 4. The summed E-state index contributed by atoms with van der Waals surface area (Å²) < 4.78 is 36.8. The molecule has 2 unspecified atom stereocenters. The molecule has 0 spiro atoms. The summed E-state index contributed by atoms with van der Waals surface area (Å²) in [4.78, 5) is 65.3. The van der Waals surface area contributed by atoms with Crippen LogP contribution in [0.15, 0.2) is 30.3 Å². The van der Waals surface area contributed by atoms with E-state index >= 15 is 4.79 Å². The van der Waals surface area contributed by atoms with Crippen molar-refractivity contribution in [3.8, 4) is 0 Å². The fourth-order valence-electron chi connectivity index (χ4n) is 10.9. The number of unbranched alkanes of at least 4 members (excludes halogenated alkanes) is 4. The van der Waals surface area contributed by atoms with Crippen molar-refractivity contribution in [3.05, 3.63) is 41.5 Å². The van der Waals surface area contributed by atoms with Crippen LogP contribution in [0.1, 0.15) is 129 Å². The number of carbonyl (C=O) groups is 4. The van der Waals surface area contributed by atoms with Crippen molar-refractivity contribution in [1.29, 1.82) is 0 Å². The van der Waals surface area contributed by atoms with E-state index in [1.807, 2.05) is 24.3 Å². The normalized spacial score (nSPS) is 33.3. The number of hydrogen-bond acceptors (Lipinski definition) is 17. The number of hydroxylamine groups is 2. The van der Waals surface area contributed by atoms with Crippen LogP contribution in [-0.4, -0.2) is 170 Å². The minimum absolute atomic E-state index is 0.0264. The Kier molecular flexibility index (Phi) is 17.6. The number of aliphatic hydroxyl groups is 5. The van der Waals surface area contributed by atoms with Gasteiger partial charge in [-0.1, -0.05) is 75.9 Å². The van der Waals surface area contributed by atoms with Crippen molar-refractivity contribution < 1.29 is 78.0 Å². The molecule has 6 fully saturated rings. The number of benzene rings is 1. The van der Waals surface area contributed by atoms with E-state index in [1.165, 1.54) is 5.06 Å². The van der Waals surface area contributed by atoms with Gasteiger partial charge in [-0.2, -0.15) is 5.06 Å². The molecule has 19 nitrogen and oxygen atoms in total. The summed E-state index contributed by atoms with van der Waals surface area (Å²) >= 11 is 0. The first-order valence-electron chi connectivity index (χ1n) is 25.1. The lowest BCUT2D eigenvalue weighted by molar-refractivity contribution is -0.298. The molecule has 69 heavy (non-hydrogen) atoms. The topological polar surface area (TPSA) is 253 Å². The molecule has 6 aliphatic rings. The van der Waals surface area contributed by atoms with Crippen molar-refractivity contribution in [3.63, 3.8) is 0 Å². The van der Waals surface area contributed by atoms with Gasteiger partial charge in [0, 0.05) is 32.2 Å². The highest BCUT2D eigenvalue weighted by molar-refractivity contribution is 5.96. The lowest BCUT2D eigenvalue weighted by Crippen LogP contribution is -2.70. The molecule has 13 atom stereocenters. The van der Waals surface area contributed by atoms with Gasteiger partial charge in [0.2, 0.25) is 11.8 Å². The molecule has 5 aliphatic heterocycles. The summed E-state index contributed by atoms with van der Waals surface area (Å²) in [5.41, 5.74) is -0.738. The second-order valence-corrected chi connectivity index (χ2v) is 20.6. The highest BCUT2D eigenvalue weighted by atomic mass is 16.8. The Bertz CT molecular complexity index is 1950. The molecule has 0 radical (unpaired) electrons. The Morgan fingerprint density at radius 1 is 0.986 bits per heavy atom. The average molecular weight is 974 g/mol. The third-order valence-corrected chi connectivity index (χ3v) is 14.3. The standard InChI is InChI=1S/C50H75N3O16/c1-6-8-10-21-49(22-11-9-7-2)67-40-34-26-50(47(62)52-23-13-18-33(52)44(60)51-32(28-54)19-20-36(56)66-48(3,4)5)42(45(61)64-34)53(69-43(50)41(40)68-49)27-31-16-12-15-30(25-31)17-14-24-63-46-39(59)38(58)37(57)35(29-55)65-46/h12,14-17,25,32-35,37-43,46,54-55,57-59H,6-11,13,18-24,26-29H2,1-5H3,(H,51,60)/t32-,33+,34?,35+,37-,38-,39+,40-,41-,42-,43+,46-,50?/m0/s1. The number of aliphatic hydroxyl groups excluding tert-OH is 5. The lowest BCUT2D eigenvalue weighted by atomic mass is 9.62. The first-order chi connectivity index (χ1) is 33.0. The Hall–Kier alpha value is -3.60. The number of likely N-dealkylation sites (tertiary alicyclic amines) is 1. The number of nitrogens with zero attached hydrogens (tertiary/aromatic N) is 2. The Morgan fingerprint density at radius 3 is 2.39 bits per heavy atom. The highest BCUT2D eigenvalue weighted by Gasteiger charge is 2.77. The number of esters is 2. The van der Waals surface area contributed by atoms with Crippen LogP contribution >= 0.6 is 0 Å². The summed E-state index contributed by atoms with van der Waals surface area (Å²) in [6.45, 7) is 8.81. The predicted molar refractivity (Wildman–Crippen MR) is 246 cm³/mol. The van der Waals surface area contributed by atoms with E-state index < -0.39 is 127 Å². The Balaban J connectivity index is 1.14. The van der Waals surface area contributed by atoms with Gasteiger partial charge >= 0.3 is 11.9 Å². The number of amides is 2. The zero-order valence-electron chi connectivity index (χ0n) is 40.7. The minimum atomic E-state index is -1.57. The summed E-state index contributed by atoms with van der Waals surface area (Å²) in [5.74, 6) is -2.95. The molecule has 5 saturated heterocycles. The molecule has 6 N–H and O–H groups in total. The monoisotopic (exact) mass is 974 g/mol. The molecule has 2 amide bonds. The van der Waals surface area contributed by atoms with Crippen LogP contribution in [0.2, 0.25) is 0 Å². The van der Waals surface area contributed by atoms with E-state index in [4.69, 9.17) is 33.3 Å². The molecule has 7 rings (SSSR count). The summed E-state index contributed by atoms with van der Waals surface area (Å²) in [6.07, 6.45) is 1.15. The molecular weight excluding hydrogens is 899 g/mol. The average Bonchev–Trinajstić information content (AvgIpc) is 4.05. The molecule has 2 bridgehead atoms. The SMILES string of the molecule is CCCCCC1(CCCCC)O[C@@H]2[C@H]3ON(Cc4cccc(C=CCO[C@H]5O[C@H](CO)[C@H](O)[C@H](O)[C@H]5O)c4)[C@H]4C(=O)OC(CC34C(=O)N3CCC[C@@H]3C(=O)N[C@H](CO)CCC(=O)OC(C)(C)C)[C@@H]2O1. The van der Waals surface area contributed by atoms with Crippen molar-refractivity contribution in [1.82, 2.24) is 15.3 Å². The van der Waals surface area contributed by atoms with Crippen molar-refractivity contribution >= 4 is 29.8 Å². The molecule has 1 aliphatic carbocycles. The largest absolute Gasteiger partial charge is 0.460 e. The van der Waals surface area contributed by atoms with Gasteiger partial charge in [-0.05, 0) is 64.0 Å². The quantitative estimate of drug-likeness (QED) is 0.0722. The number of nitrogens with one attached hydrogen (secondary N) is 1. The first kappa shape index (κ1) is 53.2. The van der Waals surface area contributed by atoms with Gasteiger partial charge in [0.15, 0.2) is 18.1 Å². The fourth-order valence-corrected chi connectivity index (χ4v) is 10.9. The maximum absolute atomic E-state index is 15.7. The van der Waals surface area contributed by atoms with Crippen molar-refractivity contribution in [2.45, 2.75) is 209 Å².